The minimum absolute atomic E-state index is 0.204. The number of rotatable bonds is 4. The topological polar surface area (TPSA) is 55.4 Å². The zero-order valence-corrected chi connectivity index (χ0v) is 14.0. The first kappa shape index (κ1) is 16.5. The number of carbonyl (C=O) groups excluding carboxylic acids is 2. The number of carbonyl (C=O) groups is 2. The standard InChI is InChI=1S/C16H13BrClNO3/c1-10(15(20)19-12-5-3-2-4-6-12)22-16(21)13-9-11(17)7-8-14(13)18/h2-10H,1H3,(H,19,20)/t10-/m1/s1. The van der Waals surface area contributed by atoms with Crippen molar-refractivity contribution in [3.8, 4) is 0 Å². The molecule has 0 aliphatic heterocycles. The van der Waals surface area contributed by atoms with Crippen LogP contribution in [0.4, 0.5) is 5.69 Å². The first-order valence-electron chi connectivity index (χ1n) is 6.49. The van der Waals surface area contributed by atoms with Crippen LogP contribution in [-0.4, -0.2) is 18.0 Å². The SMILES string of the molecule is C[C@@H](OC(=O)c1cc(Br)ccc1Cl)C(=O)Nc1ccccc1. The molecular weight excluding hydrogens is 370 g/mol. The number of para-hydroxylation sites is 1. The number of hydrogen-bond acceptors (Lipinski definition) is 3. The number of halogens is 2. The fourth-order valence-corrected chi connectivity index (χ4v) is 2.25. The molecule has 2 aromatic rings. The second kappa shape index (κ2) is 7.42. The molecule has 1 atom stereocenters. The molecule has 0 spiro atoms. The van der Waals surface area contributed by atoms with E-state index in [0.717, 1.165) is 0 Å². The highest BCUT2D eigenvalue weighted by Crippen LogP contribution is 2.22. The van der Waals surface area contributed by atoms with E-state index in [0.29, 0.717) is 10.2 Å². The van der Waals surface area contributed by atoms with Crippen LogP contribution >= 0.6 is 27.5 Å². The van der Waals surface area contributed by atoms with Crippen molar-refractivity contribution in [3.63, 3.8) is 0 Å². The number of anilines is 1. The molecule has 1 N–H and O–H groups in total. The highest BCUT2D eigenvalue weighted by molar-refractivity contribution is 9.10. The third kappa shape index (κ3) is 4.32. The molecule has 0 unspecified atom stereocenters. The first-order chi connectivity index (χ1) is 10.5. The number of esters is 1. The van der Waals surface area contributed by atoms with Crippen LogP contribution in [-0.2, 0) is 9.53 Å². The van der Waals surface area contributed by atoms with Gasteiger partial charge in [-0.05, 0) is 37.3 Å². The van der Waals surface area contributed by atoms with Crippen LogP contribution in [0.25, 0.3) is 0 Å². The lowest BCUT2D eigenvalue weighted by atomic mass is 10.2. The Hall–Kier alpha value is -1.85. The monoisotopic (exact) mass is 381 g/mol. The quantitative estimate of drug-likeness (QED) is 0.803. The smallest absolute Gasteiger partial charge is 0.340 e. The zero-order chi connectivity index (χ0) is 16.1. The van der Waals surface area contributed by atoms with Crippen molar-refractivity contribution < 1.29 is 14.3 Å². The average Bonchev–Trinajstić information content (AvgIpc) is 2.50. The summed E-state index contributed by atoms with van der Waals surface area (Å²) in [5.41, 5.74) is 0.839. The van der Waals surface area contributed by atoms with E-state index < -0.39 is 18.0 Å². The van der Waals surface area contributed by atoms with Crippen LogP contribution < -0.4 is 5.32 Å². The van der Waals surface area contributed by atoms with E-state index in [9.17, 15) is 9.59 Å². The zero-order valence-electron chi connectivity index (χ0n) is 11.7. The van der Waals surface area contributed by atoms with Gasteiger partial charge in [-0.25, -0.2) is 4.79 Å². The maximum Gasteiger partial charge on any atom is 0.340 e. The lowest BCUT2D eigenvalue weighted by molar-refractivity contribution is -0.123. The van der Waals surface area contributed by atoms with Crippen molar-refractivity contribution in [1.82, 2.24) is 0 Å². The van der Waals surface area contributed by atoms with Gasteiger partial charge in [-0.3, -0.25) is 4.79 Å². The van der Waals surface area contributed by atoms with E-state index in [4.69, 9.17) is 16.3 Å². The van der Waals surface area contributed by atoms with Crippen molar-refractivity contribution in [2.45, 2.75) is 13.0 Å². The van der Waals surface area contributed by atoms with Gasteiger partial charge in [0, 0.05) is 10.2 Å². The van der Waals surface area contributed by atoms with Gasteiger partial charge in [0.1, 0.15) is 0 Å². The summed E-state index contributed by atoms with van der Waals surface area (Å²) >= 11 is 9.22. The molecule has 0 aliphatic rings. The summed E-state index contributed by atoms with van der Waals surface area (Å²) in [5, 5.41) is 2.93. The predicted octanol–water partition coefficient (Wildman–Crippen LogP) is 4.29. The van der Waals surface area contributed by atoms with Gasteiger partial charge in [-0.2, -0.15) is 0 Å². The Labute approximate surface area is 141 Å². The predicted molar refractivity (Wildman–Crippen MR) is 89.1 cm³/mol. The summed E-state index contributed by atoms with van der Waals surface area (Å²) < 4.78 is 5.85. The van der Waals surface area contributed by atoms with E-state index in [1.165, 1.54) is 6.92 Å². The average molecular weight is 383 g/mol. The first-order valence-corrected chi connectivity index (χ1v) is 7.66. The number of benzene rings is 2. The summed E-state index contributed by atoms with van der Waals surface area (Å²) in [6.45, 7) is 1.50. The summed E-state index contributed by atoms with van der Waals surface area (Å²) in [6, 6.07) is 13.8. The Morgan fingerprint density at radius 3 is 2.55 bits per heavy atom. The van der Waals surface area contributed by atoms with Gasteiger partial charge in [-0.15, -0.1) is 0 Å². The van der Waals surface area contributed by atoms with Crippen LogP contribution in [0.2, 0.25) is 5.02 Å². The summed E-state index contributed by atoms with van der Waals surface area (Å²) in [4.78, 5) is 24.1. The van der Waals surface area contributed by atoms with Gasteiger partial charge in [0.05, 0.1) is 10.6 Å². The maximum atomic E-state index is 12.1. The molecule has 0 saturated carbocycles. The van der Waals surface area contributed by atoms with Crippen LogP contribution in [0, 0.1) is 0 Å². The van der Waals surface area contributed by atoms with Crippen LogP contribution in [0.1, 0.15) is 17.3 Å². The minimum Gasteiger partial charge on any atom is -0.449 e. The van der Waals surface area contributed by atoms with E-state index in [1.54, 1.807) is 42.5 Å². The molecule has 4 nitrogen and oxygen atoms in total. The Bertz CT molecular complexity index is 691. The Morgan fingerprint density at radius 2 is 1.86 bits per heavy atom. The molecule has 6 heteroatoms. The van der Waals surface area contributed by atoms with E-state index in [2.05, 4.69) is 21.2 Å². The second-order valence-corrected chi connectivity index (χ2v) is 5.85. The third-order valence-corrected chi connectivity index (χ3v) is 3.67. The molecular formula is C16H13BrClNO3. The lowest BCUT2D eigenvalue weighted by Gasteiger charge is -2.14. The molecule has 0 radical (unpaired) electrons. The normalized spacial score (nSPS) is 11.6. The molecule has 0 heterocycles. The van der Waals surface area contributed by atoms with Gasteiger partial charge < -0.3 is 10.1 Å². The largest absolute Gasteiger partial charge is 0.449 e. The molecule has 0 fully saturated rings. The summed E-state index contributed by atoms with van der Waals surface area (Å²) in [5.74, 6) is -1.06. The summed E-state index contributed by atoms with van der Waals surface area (Å²) in [6.07, 6.45) is -0.942. The van der Waals surface area contributed by atoms with Gasteiger partial charge in [0.2, 0.25) is 0 Å². The number of amides is 1. The van der Waals surface area contributed by atoms with Crippen LogP contribution in [0.3, 0.4) is 0 Å². The number of ether oxygens (including phenoxy) is 1. The second-order valence-electron chi connectivity index (χ2n) is 4.53. The molecule has 0 saturated heterocycles. The molecule has 0 aliphatic carbocycles. The lowest BCUT2D eigenvalue weighted by Crippen LogP contribution is -2.30. The highest BCUT2D eigenvalue weighted by Gasteiger charge is 2.20. The third-order valence-electron chi connectivity index (χ3n) is 2.84. The van der Waals surface area contributed by atoms with E-state index >= 15 is 0 Å². The van der Waals surface area contributed by atoms with Crippen molar-refractivity contribution in [2.75, 3.05) is 5.32 Å². The fraction of sp³-hybridized carbons (Fsp3) is 0.125. The number of hydrogen-bond donors (Lipinski definition) is 1. The minimum atomic E-state index is -0.942. The molecule has 114 valence electrons. The fourth-order valence-electron chi connectivity index (χ4n) is 1.70. The molecule has 1 amide bonds. The molecule has 2 aromatic carbocycles. The van der Waals surface area contributed by atoms with Crippen molar-refractivity contribution in [1.29, 1.82) is 0 Å². The van der Waals surface area contributed by atoms with E-state index in [-0.39, 0.29) is 10.6 Å². The molecule has 2 rings (SSSR count). The van der Waals surface area contributed by atoms with Gasteiger partial charge >= 0.3 is 5.97 Å². The van der Waals surface area contributed by atoms with Crippen molar-refractivity contribution >= 4 is 45.1 Å². The van der Waals surface area contributed by atoms with Crippen molar-refractivity contribution in [2.24, 2.45) is 0 Å². The molecule has 0 bridgehead atoms. The van der Waals surface area contributed by atoms with Crippen molar-refractivity contribution in [3.05, 3.63) is 63.6 Å². The van der Waals surface area contributed by atoms with Crippen LogP contribution in [0.5, 0.6) is 0 Å². The maximum absolute atomic E-state index is 12.1. The Balaban J connectivity index is 2.01. The van der Waals surface area contributed by atoms with Gasteiger partial charge in [0.15, 0.2) is 6.10 Å². The summed E-state index contributed by atoms with van der Waals surface area (Å²) in [7, 11) is 0. The molecule has 0 aromatic heterocycles. The Morgan fingerprint density at radius 1 is 1.18 bits per heavy atom. The van der Waals surface area contributed by atoms with Crippen LogP contribution in [0.15, 0.2) is 53.0 Å². The van der Waals surface area contributed by atoms with Gasteiger partial charge in [0.25, 0.3) is 5.91 Å². The van der Waals surface area contributed by atoms with Gasteiger partial charge in [-0.1, -0.05) is 45.7 Å². The van der Waals surface area contributed by atoms with E-state index in [1.807, 2.05) is 6.07 Å². The highest BCUT2D eigenvalue weighted by atomic mass is 79.9. The Kier molecular flexibility index (Phi) is 5.57. The molecule has 22 heavy (non-hydrogen) atoms. The number of nitrogens with one attached hydrogen (secondary N) is 1.